The predicted molar refractivity (Wildman–Crippen MR) is 56.7 cm³/mol. The van der Waals surface area contributed by atoms with Crippen LogP contribution in [0.1, 0.15) is 57.8 Å². The molecule has 0 saturated carbocycles. The Morgan fingerprint density at radius 1 is 0.769 bits per heavy atom. The van der Waals surface area contributed by atoms with Gasteiger partial charge in [0, 0.05) is 6.42 Å². The van der Waals surface area contributed by atoms with E-state index in [9.17, 15) is 4.79 Å². The maximum absolute atomic E-state index is 10.0. The number of nitrogens with two attached hydrogens (primary N) is 1. The van der Waals surface area contributed by atoms with Crippen LogP contribution < -0.4 is 5.73 Å². The number of hydrogen-bond donors (Lipinski definition) is 1. The van der Waals surface area contributed by atoms with Gasteiger partial charge in [-0.3, -0.25) is 0 Å². The molecule has 0 atom stereocenters. The molecule has 0 radical (unpaired) electrons. The minimum atomic E-state index is 0.743. The molecule has 0 bridgehead atoms. The standard InChI is InChI=1S/C11H23NO/c12-10-8-6-4-2-1-3-5-7-9-11-13/h11H,1-10,12H2. The van der Waals surface area contributed by atoms with Gasteiger partial charge in [0.25, 0.3) is 0 Å². The highest BCUT2D eigenvalue weighted by atomic mass is 16.1. The second kappa shape index (κ2) is 11.6. The molecule has 0 aromatic heterocycles. The van der Waals surface area contributed by atoms with E-state index < -0.39 is 0 Å². The fraction of sp³-hybridized carbons (Fsp3) is 0.909. The Morgan fingerprint density at radius 2 is 1.23 bits per heavy atom. The van der Waals surface area contributed by atoms with Crippen molar-refractivity contribution >= 4 is 6.29 Å². The summed E-state index contributed by atoms with van der Waals surface area (Å²) in [5.41, 5.74) is 5.39. The van der Waals surface area contributed by atoms with Crippen LogP contribution in [-0.4, -0.2) is 12.8 Å². The van der Waals surface area contributed by atoms with Crippen LogP contribution in [0.2, 0.25) is 0 Å². The summed E-state index contributed by atoms with van der Waals surface area (Å²) in [6.07, 6.45) is 11.8. The second-order valence-electron chi connectivity index (χ2n) is 3.57. The Kier molecular flexibility index (Phi) is 11.3. The first kappa shape index (κ1) is 12.6. The topological polar surface area (TPSA) is 43.1 Å². The van der Waals surface area contributed by atoms with Crippen molar-refractivity contribution in [3.8, 4) is 0 Å². The van der Waals surface area contributed by atoms with E-state index in [4.69, 9.17) is 5.73 Å². The van der Waals surface area contributed by atoms with E-state index in [2.05, 4.69) is 0 Å². The van der Waals surface area contributed by atoms with Gasteiger partial charge >= 0.3 is 0 Å². The molecule has 0 aromatic carbocycles. The maximum atomic E-state index is 10.0. The predicted octanol–water partition coefficient (Wildman–Crippen LogP) is 2.65. The summed E-state index contributed by atoms with van der Waals surface area (Å²) in [6.45, 7) is 0.833. The zero-order valence-electron chi connectivity index (χ0n) is 8.63. The minimum absolute atomic E-state index is 0.743. The van der Waals surface area contributed by atoms with Crippen molar-refractivity contribution in [2.45, 2.75) is 57.8 Å². The zero-order valence-corrected chi connectivity index (χ0v) is 8.63. The molecular weight excluding hydrogens is 162 g/mol. The summed E-state index contributed by atoms with van der Waals surface area (Å²) >= 11 is 0. The van der Waals surface area contributed by atoms with Gasteiger partial charge < -0.3 is 10.5 Å². The second-order valence-corrected chi connectivity index (χ2v) is 3.57. The molecule has 0 fully saturated rings. The van der Waals surface area contributed by atoms with E-state index >= 15 is 0 Å². The molecule has 0 spiro atoms. The molecule has 0 rings (SSSR count). The summed E-state index contributed by atoms with van der Waals surface area (Å²) in [5.74, 6) is 0. The highest BCUT2D eigenvalue weighted by Gasteiger charge is 1.91. The lowest BCUT2D eigenvalue weighted by atomic mass is 10.1. The Morgan fingerprint density at radius 3 is 1.69 bits per heavy atom. The Bertz CT molecular complexity index is 104. The molecule has 0 aromatic rings. The molecule has 2 nitrogen and oxygen atoms in total. The van der Waals surface area contributed by atoms with Crippen molar-refractivity contribution in [1.29, 1.82) is 0 Å². The van der Waals surface area contributed by atoms with Gasteiger partial charge in [-0.2, -0.15) is 0 Å². The average molecular weight is 185 g/mol. The van der Waals surface area contributed by atoms with Gasteiger partial charge in [-0.1, -0.05) is 38.5 Å². The third kappa shape index (κ3) is 11.6. The molecule has 0 aliphatic heterocycles. The largest absolute Gasteiger partial charge is 0.330 e. The van der Waals surface area contributed by atoms with Crippen LogP contribution in [0.3, 0.4) is 0 Å². The Labute approximate surface area is 81.9 Å². The molecule has 0 heterocycles. The fourth-order valence-corrected chi connectivity index (χ4v) is 1.43. The van der Waals surface area contributed by atoms with Crippen molar-refractivity contribution in [2.24, 2.45) is 5.73 Å². The molecule has 0 saturated heterocycles. The molecule has 0 unspecified atom stereocenters. The van der Waals surface area contributed by atoms with Gasteiger partial charge in [0.1, 0.15) is 6.29 Å². The van der Waals surface area contributed by atoms with E-state index in [-0.39, 0.29) is 0 Å². The Hall–Kier alpha value is -0.370. The van der Waals surface area contributed by atoms with Gasteiger partial charge in [-0.05, 0) is 19.4 Å². The summed E-state index contributed by atoms with van der Waals surface area (Å²) < 4.78 is 0. The first-order valence-electron chi connectivity index (χ1n) is 5.55. The van der Waals surface area contributed by atoms with Crippen LogP contribution in [0.15, 0.2) is 0 Å². The molecule has 2 N–H and O–H groups in total. The van der Waals surface area contributed by atoms with Crippen LogP contribution >= 0.6 is 0 Å². The lowest BCUT2D eigenvalue weighted by Crippen LogP contribution is -1.97. The lowest BCUT2D eigenvalue weighted by molar-refractivity contribution is -0.107. The Balaban J connectivity index is 2.79. The molecule has 0 aliphatic carbocycles. The van der Waals surface area contributed by atoms with Crippen molar-refractivity contribution in [3.63, 3.8) is 0 Å². The fourth-order valence-electron chi connectivity index (χ4n) is 1.43. The molecule has 13 heavy (non-hydrogen) atoms. The number of rotatable bonds is 10. The first-order chi connectivity index (χ1) is 6.41. The normalized spacial score (nSPS) is 10.2. The number of aldehydes is 1. The average Bonchev–Trinajstić information content (AvgIpc) is 2.16. The first-order valence-corrected chi connectivity index (χ1v) is 5.55. The molecule has 78 valence electrons. The summed E-state index contributed by atoms with van der Waals surface area (Å²) in [7, 11) is 0. The monoisotopic (exact) mass is 185 g/mol. The van der Waals surface area contributed by atoms with Crippen molar-refractivity contribution in [1.82, 2.24) is 0 Å². The summed E-state index contributed by atoms with van der Waals surface area (Å²) in [6, 6.07) is 0. The molecule has 2 heteroatoms. The zero-order chi connectivity index (χ0) is 9.78. The number of carbonyl (C=O) groups excluding carboxylic acids is 1. The van der Waals surface area contributed by atoms with E-state index in [0.717, 1.165) is 25.7 Å². The third-order valence-electron chi connectivity index (χ3n) is 2.28. The SMILES string of the molecule is NCCCCCCCCCCC=O. The summed E-state index contributed by atoms with van der Waals surface area (Å²) in [5, 5.41) is 0. The third-order valence-corrected chi connectivity index (χ3v) is 2.28. The number of carbonyl (C=O) groups is 1. The van der Waals surface area contributed by atoms with E-state index in [1.807, 2.05) is 0 Å². The van der Waals surface area contributed by atoms with Gasteiger partial charge in [-0.15, -0.1) is 0 Å². The van der Waals surface area contributed by atoms with Crippen molar-refractivity contribution in [3.05, 3.63) is 0 Å². The van der Waals surface area contributed by atoms with E-state index in [1.165, 1.54) is 44.9 Å². The smallest absolute Gasteiger partial charge is 0.119 e. The van der Waals surface area contributed by atoms with E-state index in [0.29, 0.717) is 0 Å². The highest BCUT2D eigenvalue weighted by Crippen LogP contribution is 2.08. The van der Waals surface area contributed by atoms with Crippen LogP contribution in [0.25, 0.3) is 0 Å². The van der Waals surface area contributed by atoms with Crippen LogP contribution in [-0.2, 0) is 4.79 Å². The van der Waals surface area contributed by atoms with Crippen LogP contribution in [0.5, 0.6) is 0 Å². The molecule has 0 aliphatic rings. The van der Waals surface area contributed by atoms with Crippen LogP contribution in [0, 0.1) is 0 Å². The molecule has 0 amide bonds. The number of hydrogen-bond acceptors (Lipinski definition) is 2. The molecular formula is C11H23NO. The van der Waals surface area contributed by atoms with Crippen LogP contribution in [0.4, 0.5) is 0 Å². The lowest BCUT2D eigenvalue weighted by Gasteiger charge is -1.99. The highest BCUT2D eigenvalue weighted by molar-refractivity contribution is 5.48. The quantitative estimate of drug-likeness (QED) is 0.420. The van der Waals surface area contributed by atoms with Crippen molar-refractivity contribution in [2.75, 3.05) is 6.54 Å². The minimum Gasteiger partial charge on any atom is -0.330 e. The van der Waals surface area contributed by atoms with Gasteiger partial charge in [0.05, 0.1) is 0 Å². The number of unbranched alkanes of at least 4 members (excludes halogenated alkanes) is 8. The van der Waals surface area contributed by atoms with E-state index in [1.54, 1.807) is 0 Å². The summed E-state index contributed by atoms with van der Waals surface area (Å²) in [4.78, 5) is 10.0. The van der Waals surface area contributed by atoms with Gasteiger partial charge in [0.2, 0.25) is 0 Å². The van der Waals surface area contributed by atoms with Gasteiger partial charge in [0.15, 0.2) is 0 Å². The van der Waals surface area contributed by atoms with Gasteiger partial charge in [-0.25, -0.2) is 0 Å². The van der Waals surface area contributed by atoms with Crippen molar-refractivity contribution < 1.29 is 4.79 Å². The maximum Gasteiger partial charge on any atom is 0.119 e.